The number of benzene rings is 2. The lowest BCUT2D eigenvalue weighted by atomic mass is 10.0. The maximum atomic E-state index is 9.35. The van der Waals surface area contributed by atoms with Crippen molar-refractivity contribution >= 4 is 0 Å². The molecule has 0 amide bonds. The minimum absolute atomic E-state index is 0.346. The van der Waals surface area contributed by atoms with E-state index < -0.39 is 0 Å². The Morgan fingerprint density at radius 1 is 0.917 bits per heavy atom. The minimum Gasteiger partial charge on any atom is -0.508 e. The van der Waals surface area contributed by atoms with Crippen LogP contribution >= 0.6 is 0 Å². The lowest BCUT2D eigenvalue weighted by molar-refractivity contribution is 0.186. The molecule has 1 saturated heterocycles. The summed E-state index contributed by atoms with van der Waals surface area (Å²) >= 11 is 0. The van der Waals surface area contributed by atoms with E-state index in [1.165, 1.54) is 31.5 Å². The molecule has 24 heavy (non-hydrogen) atoms. The Bertz CT molecular complexity index is 641. The van der Waals surface area contributed by atoms with E-state index in [2.05, 4.69) is 17.0 Å². The maximum absolute atomic E-state index is 9.35. The van der Waals surface area contributed by atoms with Crippen molar-refractivity contribution in [1.82, 2.24) is 4.90 Å². The fourth-order valence-electron chi connectivity index (χ4n) is 4.26. The first-order valence-electron chi connectivity index (χ1n) is 8.98. The second kappa shape index (κ2) is 6.86. The van der Waals surface area contributed by atoms with E-state index in [1.54, 1.807) is 12.1 Å². The lowest BCUT2D eigenvalue weighted by Crippen LogP contribution is -2.26. The molecule has 1 aliphatic carbocycles. The topological polar surface area (TPSA) is 32.7 Å². The van der Waals surface area contributed by atoms with Gasteiger partial charge in [0.15, 0.2) is 0 Å². The number of phenols is 1. The highest BCUT2D eigenvalue weighted by Gasteiger charge is 2.41. The molecule has 3 atom stereocenters. The van der Waals surface area contributed by atoms with Crippen LogP contribution in [0.4, 0.5) is 0 Å². The Morgan fingerprint density at radius 3 is 2.25 bits per heavy atom. The molecule has 2 fully saturated rings. The van der Waals surface area contributed by atoms with Crippen LogP contribution in [0.1, 0.15) is 18.4 Å². The van der Waals surface area contributed by atoms with Crippen molar-refractivity contribution < 1.29 is 9.84 Å². The van der Waals surface area contributed by atoms with Gasteiger partial charge >= 0.3 is 0 Å². The van der Waals surface area contributed by atoms with Gasteiger partial charge in [0.25, 0.3) is 0 Å². The molecule has 0 aromatic heterocycles. The number of rotatable bonds is 5. The number of likely N-dealkylation sites (tertiary alicyclic amines) is 1. The third kappa shape index (κ3) is 3.57. The highest BCUT2D eigenvalue weighted by Crippen LogP contribution is 2.39. The summed E-state index contributed by atoms with van der Waals surface area (Å²) in [5.41, 5.74) is 1.30. The molecular weight excluding hydrogens is 298 g/mol. The van der Waals surface area contributed by atoms with Gasteiger partial charge in [-0.1, -0.05) is 30.3 Å². The predicted molar refractivity (Wildman–Crippen MR) is 95.3 cm³/mol. The van der Waals surface area contributed by atoms with Gasteiger partial charge < -0.3 is 14.7 Å². The van der Waals surface area contributed by atoms with E-state index in [0.717, 1.165) is 30.6 Å². The smallest absolute Gasteiger partial charge is 0.119 e. The van der Waals surface area contributed by atoms with Gasteiger partial charge in [-0.3, -0.25) is 0 Å². The van der Waals surface area contributed by atoms with Crippen molar-refractivity contribution in [3.63, 3.8) is 0 Å². The van der Waals surface area contributed by atoms with Crippen LogP contribution in [0.5, 0.6) is 11.5 Å². The van der Waals surface area contributed by atoms with Crippen LogP contribution < -0.4 is 4.74 Å². The molecule has 126 valence electrons. The fourth-order valence-corrected chi connectivity index (χ4v) is 4.26. The van der Waals surface area contributed by atoms with Gasteiger partial charge in [-0.2, -0.15) is 0 Å². The Balaban J connectivity index is 1.25. The summed E-state index contributed by atoms with van der Waals surface area (Å²) in [7, 11) is 0. The molecule has 0 spiro atoms. The zero-order valence-electron chi connectivity index (χ0n) is 14.0. The highest BCUT2D eigenvalue weighted by atomic mass is 16.5. The Hall–Kier alpha value is -2.00. The number of fused-ring (bicyclic) bond motifs is 1. The van der Waals surface area contributed by atoms with Crippen molar-refractivity contribution in [3.05, 3.63) is 60.2 Å². The predicted octanol–water partition coefficient (Wildman–Crippen LogP) is 3.72. The zero-order valence-corrected chi connectivity index (χ0v) is 14.0. The van der Waals surface area contributed by atoms with Crippen LogP contribution in [0.25, 0.3) is 0 Å². The molecule has 2 aliphatic rings. The second-order valence-corrected chi connectivity index (χ2v) is 7.22. The Kier molecular flexibility index (Phi) is 4.44. The number of phenolic OH excluding ortho intramolecular Hbond substituents is 1. The molecule has 0 bridgehead atoms. The number of para-hydroxylation sites is 1. The highest BCUT2D eigenvalue weighted by molar-refractivity contribution is 5.26. The van der Waals surface area contributed by atoms with Crippen LogP contribution in [0.15, 0.2) is 54.6 Å². The van der Waals surface area contributed by atoms with Crippen molar-refractivity contribution in [1.29, 1.82) is 0 Å². The van der Waals surface area contributed by atoms with E-state index in [1.807, 2.05) is 30.3 Å². The SMILES string of the molecule is Oc1ccc(CCN2C[C@H]3C[C@H](Oc4ccccc4)C[C@H]3C2)cc1. The van der Waals surface area contributed by atoms with E-state index in [0.29, 0.717) is 11.9 Å². The van der Waals surface area contributed by atoms with Crippen LogP contribution in [-0.2, 0) is 6.42 Å². The molecule has 3 nitrogen and oxygen atoms in total. The van der Waals surface area contributed by atoms with Gasteiger partial charge in [-0.05, 0) is 60.9 Å². The van der Waals surface area contributed by atoms with E-state index in [-0.39, 0.29) is 0 Å². The van der Waals surface area contributed by atoms with Crippen LogP contribution in [0.3, 0.4) is 0 Å². The first kappa shape index (κ1) is 15.5. The van der Waals surface area contributed by atoms with Crippen LogP contribution in [-0.4, -0.2) is 35.7 Å². The molecule has 1 N–H and O–H groups in total. The molecule has 1 saturated carbocycles. The summed E-state index contributed by atoms with van der Waals surface area (Å²) in [6.07, 6.45) is 3.83. The quantitative estimate of drug-likeness (QED) is 0.910. The molecule has 1 aliphatic heterocycles. The van der Waals surface area contributed by atoms with Gasteiger partial charge in [0.1, 0.15) is 11.5 Å². The number of aromatic hydroxyl groups is 1. The Labute approximate surface area is 143 Å². The third-order valence-corrected chi connectivity index (χ3v) is 5.48. The van der Waals surface area contributed by atoms with Crippen molar-refractivity contribution in [3.8, 4) is 11.5 Å². The summed E-state index contributed by atoms with van der Waals surface area (Å²) in [4.78, 5) is 2.60. The molecule has 0 unspecified atom stereocenters. The second-order valence-electron chi connectivity index (χ2n) is 7.22. The number of ether oxygens (including phenoxy) is 1. The molecule has 2 aromatic rings. The fraction of sp³-hybridized carbons (Fsp3) is 0.429. The van der Waals surface area contributed by atoms with E-state index in [9.17, 15) is 5.11 Å². The van der Waals surface area contributed by atoms with E-state index >= 15 is 0 Å². The molecule has 4 rings (SSSR count). The number of nitrogens with zero attached hydrogens (tertiary/aromatic N) is 1. The Morgan fingerprint density at radius 2 is 1.58 bits per heavy atom. The van der Waals surface area contributed by atoms with Crippen molar-refractivity contribution in [2.45, 2.75) is 25.4 Å². The summed E-state index contributed by atoms with van der Waals surface area (Å²) < 4.78 is 6.15. The standard InChI is InChI=1S/C21H25NO2/c23-19-8-6-16(7-9-19)10-11-22-14-17-12-21(13-18(17)15-22)24-20-4-2-1-3-5-20/h1-9,17-18,21,23H,10-15H2/t17-,18+,21+. The minimum atomic E-state index is 0.346. The van der Waals surface area contributed by atoms with Gasteiger partial charge in [0.05, 0.1) is 6.10 Å². The summed E-state index contributed by atoms with van der Waals surface area (Å²) in [6, 6.07) is 17.8. The zero-order chi connectivity index (χ0) is 16.4. The third-order valence-electron chi connectivity index (χ3n) is 5.48. The van der Waals surface area contributed by atoms with Gasteiger partial charge in [0, 0.05) is 19.6 Å². The lowest BCUT2D eigenvalue weighted by Gasteiger charge is -2.19. The first-order valence-corrected chi connectivity index (χ1v) is 8.98. The average molecular weight is 323 g/mol. The van der Waals surface area contributed by atoms with Crippen molar-refractivity contribution in [2.75, 3.05) is 19.6 Å². The summed E-state index contributed by atoms with van der Waals surface area (Å²) in [5, 5.41) is 9.35. The molecule has 3 heteroatoms. The molecule has 2 aromatic carbocycles. The van der Waals surface area contributed by atoms with Gasteiger partial charge in [-0.25, -0.2) is 0 Å². The molecule has 1 heterocycles. The van der Waals surface area contributed by atoms with Gasteiger partial charge in [-0.15, -0.1) is 0 Å². The monoisotopic (exact) mass is 323 g/mol. The van der Waals surface area contributed by atoms with Gasteiger partial charge in [0.2, 0.25) is 0 Å². The number of hydrogen-bond acceptors (Lipinski definition) is 3. The summed E-state index contributed by atoms with van der Waals surface area (Å²) in [5.74, 6) is 2.93. The number of hydrogen-bond donors (Lipinski definition) is 1. The first-order chi connectivity index (χ1) is 11.8. The normalized spacial score (nSPS) is 26.4. The largest absolute Gasteiger partial charge is 0.508 e. The summed E-state index contributed by atoms with van der Waals surface area (Å²) in [6.45, 7) is 3.52. The van der Waals surface area contributed by atoms with Crippen molar-refractivity contribution in [2.24, 2.45) is 11.8 Å². The molecular formula is C21H25NO2. The van der Waals surface area contributed by atoms with E-state index in [4.69, 9.17) is 4.74 Å². The van der Waals surface area contributed by atoms with Crippen LogP contribution in [0.2, 0.25) is 0 Å². The van der Waals surface area contributed by atoms with Crippen LogP contribution in [0, 0.1) is 11.8 Å². The average Bonchev–Trinajstić information content (AvgIpc) is 3.13. The maximum Gasteiger partial charge on any atom is 0.119 e. The molecule has 0 radical (unpaired) electrons.